The van der Waals surface area contributed by atoms with E-state index >= 15 is 4.39 Å². The van der Waals surface area contributed by atoms with E-state index in [0.717, 1.165) is 39.4 Å². The minimum atomic E-state index is -0.648. The van der Waals surface area contributed by atoms with E-state index in [1.54, 1.807) is 51.9 Å². The van der Waals surface area contributed by atoms with Gasteiger partial charge in [0.25, 0.3) is 5.91 Å². The predicted octanol–water partition coefficient (Wildman–Crippen LogP) is 4.11. The monoisotopic (exact) mass is 680 g/mol. The molecule has 50 heavy (non-hydrogen) atoms. The first kappa shape index (κ1) is 33.5. The van der Waals surface area contributed by atoms with Gasteiger partial charge >= 0.3 is 5.69 Å². The number of para-hydroxylation sites is 1. The highest BCUT2D eigenvalue weighted by atomic mass is 19.1. The Morgan fingerprint density at radius 2 is 1.84 bits per heavy atom. The third-order valence-corrected chi connectivity index (χ3v) is 10.1. The van der Waals surface area contributed by atoms with Crippen molar-refractivity contribution in [2.75, 3.05) is 58.2 Å². The summed E-state index contributed by atoms with van der Waals surface area (Å²) in [7, 11) is 0. The maximum absolute atomic E-state index is 15.4. The van der Waals surface area contributed by atoms with Crippen LogP contribution in [0.15, 0.2) is 77.2 Å². The molecule has 0 unspecified atom stereocenters. The van der Waals surface area contributed by atoms with Crippen LogP contribution in [0.3, 0.4) is 0 Å². The van der Waals surface area contributed by atoms with Gasteiger partial charge in [0, 0.05) is 57.1 Å². The van der Waals surface area contributed by atoms with E-state index in [2.05, 4.69) is 20.9 Å². The number of hydrogen-bond donors (Lipinski definition) is 1. The van der Waals surface area contributed by atoms with E-state index in [1.165, 1.54) is 22.9 Å². The van der Waals surface area contributed by atoms with Crippen LogP contribution in [0, 0.1) is 17.1 Å². The van der Waals surface area contributed by atoms with Crippen molar-refractivity contribution in [3.63, 3.8) is 0 Å². The lowest BCUT2D eigenvalue weighted by Crippen LogP contribution is -2.59. The Labute approximate surface area is 289 Å². The number of amides is 1. The number of piperidine rings is 1. The molecule has 3 saturated heterocycles. The number of ether oxygens (including phenoxy) is 2. The summed E-state index contributed by atoms with van der Waals surface area (Å²) in [4.78, 5) is 38.8. The summed E-state index contributed by atoms with van der Waals surface area (Å²) in [6.07, 6.45) is 4.56. The van der Waals surface area contributed by atoms with Gasteiger partial charge in [0.15, 0.2) is 11.6 Å². The highest BCUT2D eigenvalue weighted by Crippen LogP contribution is 2.32. The number of anilines is 1. The molecule has 260 valence electrons. The van der Waals surface area contributed by atoms with Crippen LogP contribution in [-0.4, -0.2) is 98.8 Å². The second-order valence-corrected chi connectivity index (χ2v) is 13.7. The van der Waals surface area contributed by atoms with Crippen LogP contribution in [0.2, 0.25) is 0 Å². The van der Waals surface area contributed by atoms with E-state index in [4.69, 9.17) is 15.2 Å². The largest absolute Gasteiger partial charge is 0.454 e. The van der Waals surface area contributed by atoms with E-state index in [0.29, 0.717) is 42.2 Å². The predicted molar refractivity (Wildman–Crippen MR) is 187 cm³/mol. The van der Waals surface area contributed by atoms with Gasteiger partial charge in [0.05, 0.1) is 36.5 Å². The van der Waals surface area contributed by atoms with Crippen molar-refractivity contribution in [2.24, 2.45) is 0 Å². The molecule has 2 aromatic heterocycles. The molecule has 0 spiro atoms. The molecule has 7 rings (SSSR count). The van der Waals surface area contributed by atoms with Crippen LogP contribution < -0.4 is 16.2 Å². The first-order valence-corrected chi connectivity index (χ1v) is 17.0. The van der Waals surface area contributed by atoms with Crippen molar-refractivity contribution >= 4 is 22.8 Å². The van der Waals surface area contributed by atoms with Crippen LogP contribution in [0.5, 0.6) is 11.5 Å². The molecule has 1 atom stereocenters. The highest BCUT2D eigenvalue weighted by Gasteiger charge is 2.35. The summed E-state index contributed by atoms with van der Waals surface area (Å²) >= 11 is 0. The zero-order valence-corrected chi connectivity index (χ0v) is 28.3. The van der Waals surface area contributed by atoms with Crippen LogP contribution in [0.25, 0.3) is 16.7 Å². The lowest BCUT2D eigenvalue weighted by molar-refractivity contribution is -0.128. The second-order valence-electron chi connectivity index (χ2n) is 13.7. The standard InChI is InChI=1S/C37H41FN8O4/c1-37(2,44-17-15-42(16-18-44)28-23-49-24-28)20-25(21-39)35(47)43-14-6-7-27(22-43)45-31-12-13-41-34(40)33(31)46(36(45)48)26-10-11-32(30(38)19-26)50-29-8-4-3-5-9-29/h3-5,8-13,19-20,27-28H,6-7,14-18,22-24H2,1-2H3,(H2,40,41)/b25-20-/t27-/m1/s1. The number of hydrogen-bond acceptors (Lipinski definition) is 9. The molecular weight excluding hydrogens is 639 g/mol. The highest BCUT2D eigenvalue weighted by molar-refractivity contribution is 5.97. The Morgan fingerprint density at radius 3 is 2.52 bits per heavy atom. The number of imidazole rings is 1. The zero-order chi connectivity index (χ0) is 35.0. The number of likely N-dealkylation sites (tertiary alicyclic amines) is 1. The third kappa shape index (κ3) is 6.37. The molecule has 5 heterocycles. The molecule has 13 heteroatoms. The van der Waals surface area contributed by atoms with Crippen LogP contribution in [0.4, 0.5) is 10.2 Å². The van der Waals surface area contributed by atoms with Crippen molar-refractivity contribution in [1.29, 1.82) is 5.26 Å². The van der Waals surface area contributed by atoms with Crippen LogP contribution >= 0.6 is 0 Å². The number of nitriles is 1. The van der Waals surface area contributed by atoms with Gasteiger partial charge in [0.2, 0.25) is 0 Å². The number of carbonyl (C=O) groups excluding carboxylic acids is 1. The Kier molecular flexibility index (Phi) is 9.17. The molecule has 2 aromatic carbocycles. The lowest BCUT2D eigenvalue weighted by atomic mass is 9.96. The van der Waals surface area contributed by atoms with E-state index in [-0.39, 0.29) is 35.3 Å². The van der Waals surface area contributed by atoms with Crippen molar-refractivity contribution in [3.05, 3.63) is 88.7 Å². The van der Waals surface area contributed by atoms with Gasteiger partial charge in [-0.15, -0.1) is 0 Å². The summed E-state index contributed by atoms with van der Waals surface area (Å²) in [5, 5.41) is 10.2. The number of piperazine rings is 1. The van der Waals surface area contributed by atoms with Gasteiger partial charge < -0.3 is 20.1 Å². The van der Waals surface area contributed by atoms with E-state index in [9.17, 15) is 14.9 Å². The molecule has 0 saturated carbocycles. The van der Waals surface area contributed by atoms with Gasteiger partial charge in [0.1, 0.15) is 28.7 Å². The first-order chi connectivity index (χ1) is 24.1. The quantitative estimate of drug-likeness (QED) is 0.216. The molecule has 1 amide bonds. The summed E-state index contributed by atoms with van der Waals surface area (Å²) in [6.45, 7) is 9.80. The number of nitrogen functional groups attached to an aromatic ring is 1. The number of rotatable bonds is 8. The Hall–Kier alpha value is -5.03. The Morgan fingerprint density at radius 1 is 1.08 bits per heavy atom. The average Bonchev–Trinajstić information content (AvgIpc) is 3.40. The summed E-state index contributed by atoms with van der Waals surface area (Å²) in [5.74, 6) is -0.395. The number of halogens is 1. The zero-order valence-electron chi connectivity index (χ0n) is 28.3. The van der Waals surface area contributed by atoms with Crippen molar-refractivity contribution < 1.29 is 18.7 Å². The van der Waals surface area contributed by atoms with Crippen molar-refractivity contribution in [2.45, 2.75) is 44.3 Å². The van der Waals surface area contributed by atoms with Gasteiger partial charge in [-0.25, -0.2) is 14.2 Å². The Balaban J connectivity index is 1.14. The lowest BCUT2D eigenvalue weighted by Gasteiger charge is -2.46. The maximum Gasteiger partial charge on any atom is 0.334 e. The molecule has 0 radical (unpaired) electrons. The number of aromatic nitrogens is 3. The molecule has 3 aliphatic rings. The van der Waals surface area contributed by atoms with Gasteiger partial charge in [-0.3, -0.25) is 23.7 Å². The molecule has 12 nitrogen and oxygen atoms in total. The second kappa shape index (κ2) is 13.7. The van der Waals surface area contributed by atoms with Crippen molar-refractivity contribution in [3.8, 4) is 23.3 Å². The fraction of sp³-hybridized carbons (Fsp3) is 0.405. The SMILES string of the molecule is CC(C)(/C=C(/C#N)C(=O)N1CCC[C@@H](n2c(=O)n(-c3ccc(Oc4ccccc4)c(F)c3)c3c(N)nccc32)C1)N1CCN(C2COC2)CC1. The van der Waals surface area contributed by atoms with E-state index in [1.807, 2.05) is 19.9 Å². The molecule has 2 N–H and O–H groups in total. The van der Waals surface area contributed by atoms with Gasteiger partial charge in [-0.05, 0) is 63.1 Å². The summed E-state index contributed by atoms with van der Waals surface area (Å²) in [6, 6.07) is 17.1. The van der Waals surface area contributed by atoms with Gasteiger partial charge in [-0.1, -0.05) is 18.2 Å². The third-order valence-electron chi connectivity index (χ3n) is 10.1. The van der Waals surface area contributed by atoms with Crippen molar-refractivity contribution in [1.82, 2.24) is 28.8 Å². The normalized spacial score (nSPS) is 19.7. The minimum absolute atomic E-state index is 0.0137. The van der Waals surface area contributed by atoms with Crippen LogP contribution in [-0.2, 0) is 9.53 Å². The molecular formula is C37H41FN8O4. The molecule has 3 aliphatic heterocycles. The summed E-state index contributed by atoms with van der Waals surface area (Å²) < 4.78 is 29.4. The number of benzene rings is 2. The number of nitrogens with two attached hydrogens (primary N) is 1. The number of fused-ring (bicyclic) bond motifs is 1. The van der Waals surface area contributed by atoms with E-state index < -0.39 is 23.1 Å². The molecule has 0 aliphatic carbocycles. The molecule has 4 aromatic rings. The first-order valence-electron chi connectivity index (χ1n) is 17.0. The number of pyridine rings is 1. The number of carbonyl (C=O) groups is 1. The van der Waals surface area contributed by atoms with Gasteiger partial charge in [-0.2, -0.15) is 5.26 Å². The maximum atomic E-state index is 15.4. The Bertz CT molecular complexity index is 2020. The summed E-state index contributed by atoms with van der Waals surface area (Å²) in [5.41, 5.74) is 6.62. The topological polar surface area (TPSA) is 135 Å². The van der Waals surface area contributed by atoms with Crippen LogP contribution in [0.1, 0.15) is 32.7 Å². The fourth-order valence-electron chi connectivity index (χ4n) is 7.31. The molecule has 0 bridgehead atoms. The average molecular weight is 681 g/mol. The molecule has 3 fully saturated rings. The smallest absolute Gasteiger partial charge is 0.334 e. The number of nitrogens with zero attached hydrogens (tertiary/aromatic N) is 7. The fourth-order valence-corrected chi connectivity index (χ4v) is 7.31. The minimum Gasteiger partial charge on any atom is -0.454 e.